The molecule has 1 aromatic rings. The number of nitrogens with one attached hydrogen (secondary N) is 1. The molecule has 0 spiro atoms. The van der Waals surface area contributed by atoms with Crippen LogP contribution in [0.15, 0.2) is 6.33 Å². The van der Waals surface area contributed by atoms with E-state index in [9.17, 15) is 10.1 Å². The van der Waals surface area contributed by atoms with E-state index in [0.29, 0.717) is 5.92 Å². The maximum atomic E-state index is 12.0. The Bertz CT molecular complexity index is 510. The van der Waals surface area contributed by atoms with E-state index in [1.54, 1.807) is 17.8 Å². The van der Waals surface area contributed by atoms with Gasteiger partial charge in [0.15, 0.2) is 0 Å². The molecule has 1 amide bonds. The first kappa shape index (κ1) is 12.6. The number of aromatic nitrogens is 2. The number of carbonyl (C=O) groups is 1. The summed E-state index contributed by atoms with van der Waals surface area (Å²) in [7, 11) is 0. The molecular formula is C13H18N4O. The van der Waals surface area contributed by atoms with Gasteiger partial charge in [-0.15, -0.1) is 0 Å². The number of hydrogen-bond donors (Lipinski definition) is 1. The van der Waals surface area contributed by atoms with E-state index in [1.807, 2.05) is 13.8 Å². The van der Waals surface area contributed by atoms with Crippen molar-refractivity contribution in [1.29, 1.82) is 5.26 Å². The fourth-order valence-corrected chi connectivity index (χ4v) is 2.07. The van der Waals surface area contributed by atoms with Crippen LogP contribution in [0, 0.1) is 31.1 Å². The predicted octanol–water partition coefficient (Wildman–Crippen LogP) is 1.31. The van der Waals surface area contributed by atoms with Gasteiger partial charge in [0.1, 0.15) is 12.1 Å². The number of imidazole rings is 1. The smallest absolute Gasteiger partial charge is 0.241 e. The third-order valence-corrected chi connectivity index (χ3v) is 3.68. The monoisotopic (exact) mass is 246 g/mol. The third-order valence-electron chi connectivity index (χ3n) is 3.68. The van der Waals surface area contributed by atoms with E-state index in [-0.39, 0.29) is 12.5 Å². The average molecular weight is 246 g/mol. The van der Waals surface area contributed by atoms with Crippen molar-refractivity contribution < 1.29 is 4.79 Å². The number of rotatable bonds is 4. The zero-order valence-electron chi connectivity index (χ0n) is 11.0. The first-order valence-corrected chi connectivity index (χ1v) is 6.17. The zero-order valence-corrected chi connectivity index (χ0v) is 11.0. The van der Waals surface area contributed by atoms with Gasteiger partial charge in [0.2, 0.25) is 5.91 Å². The lowest BCUT2D eigenvalue weighted by molar-refractivity contribution is -0.123. The van der Waals surface area contributed by atoms with Crippen LogP contribution in [0.1, 0.15) is 31.2 Å². The maximum absolute atomic E-state index is 12.0. The minimum absolute atomic E-state index is 0.133. The summed E-state index contributed by atoms with van der Waals surface area (Å²) in [5.41, 5.74) is 1.18. The van der Waals surface area contributed by atoms with E-state index in [4.69, 9.17) is 0 Å². The largest absolute Gasteiger partial charge is 0.336 e. The summed E-state index contributed by atoms with van der Waals surface area (Å²) in [6.07, 6.45) is 3.70. The molecule has 1 unspecified atom stereocenters. The molecule has 1 heterocycles. The number of aryl methyl sites for hydroxylation is 1. The molecule has 1 aliphatic rings. The van der Waals surface area contributed by atoms with Gasteiger partial charge >= 0.3 is 0 Å². The molecule has 0 aromatic carbocycles. The maximum Gasteiger partial charge on any atom is 0.241 e. The second-order valence-electron chi connectivity index (χ2n) is 5.18. The van der Waals surface area contributed by atoms with Gasteiger partial charge in [-0.3, -0.25) is 4.79 Å². The first-order chi connectivity index (χ1) is 8.46. The Kier molecular flexibility index (Phi) is 3.12. The molecule has 0 aliphatic heterocycles. The minimum atomic E-state index is -0.722. The number of nitriles is 1. The van der Waals surface area contributed by atoms with Crippen LogP contribution in [0.5, 0.6) is 0 Å². The fraction of sp³-hybridized carbons (Fsp3) is 0.615. The van der Waals surface area contributed by atoms with Crippen molar-refractivity contribution in [3.63, 3.8) is 0 Å². The Labute approximate surface area is 107 Å². The van der Waals surface area contributed by atoms with E-state index in [0.717, 1.165) is 24.2 Å². The Morgan fingerprint density at radius 3 is 2.78 bits per heavy atom. The molecule has 2 rings (SSSR count). The summed E-state index contributed by atoms with van der Waals surface area (Å²) in [6, 6.07) is 2.22. The predicted molar refractivity (Wildman–Crippen MR) is 66.6 cm³/mol. The number of nitrogens with zero attached hydrogens (tertiary/aromatic N) is 3. The van der Waals surface area contributed by atoms with Gasteiger partial charge in [0.05, 0.1) is 18.1 Å². The van der Waals surface area contributed by atoms with Gasteiger partial charge in [-0.25, -0.2) is 4.98 Å². The van der Waals surface area contributed by atoms with E-state index >= 15 is 0 Å². The van der Waals surface area contributed by atoms with Crippen LogP contribution < -0.4 is 5.32 Å². The van der Waals surface area contributed by atoms with Crippen LogP contribution >= 0.6 is 0 Å². The van der Waals surface area contributed by atoms with Gasteiger partial charge in [-0.05, 0) is 39.5 Å². The first-order valence-electron chi connectivity index (χ1n) is 6.17. The lowest BCUT2D eigenvalue weighted by atomic mass is 9.98. The third kappa shape index (κ3) is 2.37. The molecule has 18 heavy (non-hydrogen) atoms. The molecule has 96 valence electrons. The van der Waals surface area contributed by atoms with Crippen molar-refractivity contribution in [3.8, 4) is 6.07 Å². The zero-order chi connectivity index (χ0) is 13.3. The molecule has 1 N–H and O–H groups in total. The highest BCUT2D eigenvalue weighted by molar-refractivity contribution is 5.77. The second kappa shape index (κ2) is 4.45. The fourth-order valence-electron chi connectivity index (χ4n) is 2.07. The SMILES string of the molecule is Cc1ncn(CC(=O)NC(C)(C#N)C2CC2)c1C. The summed E-state index contributed by atoms with van der Waals surface area (Å²) >= 11 is 0. The summed E-state index contributed by atoms with van der Waals surface area (Å²) < 4.78 is 1.80. The highest BCUT2D eigenvalue weighted by Gasteiger charge is 2.42. The second-order valence-corrected chi connectivity index (χ2v) is 5.18. The van der Waals surface area contributed by atoms with Gasteiger partial charge < -0.3 is 9.88 Å². The molecule has 0 bridgehead atoms. The number of hydrogen-bond acceptors (Lipinski definition) is 3. The lowest BCUT2D eigenvalue weighted by Crippen LogP contribution is -2.47. The Hall–Kier alpha value is -1.83. The van der Waals surface area contributed by atoms with Crippen molar-refractivity contribution in [2.75, 3.05) is 0 Å². The minimum Gasteiger partial charge on any atom is -0.336 e. The van der Waals surface area contributed by atoms with Crippen molar-refractivity contribution in [3.05, 3.63) is 17.7 Å². The quantitative estimate of drug-likeness (QED) is 0.870. The van der Waals surface area contributed by atoms with Gasteiger partial charge in [-0.2, -0.15) is 5.26 Å². The molecule has 1 saturated carbocycles. The van der Waals surface area contributed by atoms with Crippen molar-refractivity contribution in [2.45, 2.75) is 45.7 Å². The van der Waals surface area contributed by atoms with Crippen LogP contribution in [-0.2, 0) is 11.3 Å². The summed E-state index contributed by atoms with van der Waals surface area (Å²) in [6.45, 7) is 5.86. The Morgan fingerprint density at radius 2 is 2.33 bits per heavy atom. The highest BCUT2D eigenvalue weighted by atomic mass is 16.2. The van der Waals surface area contributed by atoms with Crippen LogP contribution in [0.4, 0.5) is 0 Å². The van der Waals surface area contributed by atoms with Gasteiger partial charge in [-0.1, -0.05) is 0 Å². The van der Waals surface area contributed by atoms with E-state index in [1.165, 1.54) is 0 Å². The highest BCUT2D eigenvalue weighted by Crippen LogP contribution is 2.39. The lowest BCUT2D eigenvalue weighted by Gasteiger charge is -2.23. The van der Waals surface area contributed by atoms with Crippen molar-refractivity contribution in [2.24, 2.45) is 5.92 Å². The molecule has 5 heteroatoms. The molecule has 1 aromatic heterocycles. The van der Waals surface area contributed by atoms with Crippen LogP contribution in [0.3, 0.4) is 0 Å². The van der Waals surface area contributed by atoms with Crippen LogP contribution in [0.25, 0.3) is 0 Å². The molecule has 1 fully saturated rings. The number of carbonyl (C=O) groups excluding carboxylic acids is 1. The molecule has 0 saturated heterocycles. The molecule has 1 aliphatic carbocycles. The van der Waals surface area contributed by atoms with E-state index < -0.39 is 5.54 Å². The Balaban J connectivity index is 2.01. The molecule has 0 radical (unpaired) electrons. The van der Waals surface area contributed by atoms with Gasteiger partial charge in [0, 0.05) is 5.69 Å². The number of amides is 1. The van der Waals surface area contributed by atoms with Gasteiger partial charge in [0.25, 0.3) is 0 Å². The molecular weight excluding hydrogens is 228 g/mol. The molecule has 5 nitrogen and oxygen atoms in total. The van der Waals surface area contributed by atoms with Crippen molar-refractivity contribution in [1.82, 2.24) is 14.9 Å². The normalized spacial score (nSPS) is 17.9. The van der Waals surface area contributed by atoms with Crippen molar-refractivity contribution >= 4 is 5.91 Å². The van der Waals surface area contributed by atoms with E-state index in [2.05, 4.69) is 16.4 Å². The standard InChI is InChI=1S/C13H18N4O/c1-9-10(2)17(8-15-9)6-12(18)16-13(3,7-14)11-4-5-11/h8,11H,4-6H2,1-3H3,(H,16,18). The Morgan fingerprint density at radius 1 is 1.67 bits per heavy atom. The summed E-state index contributed by atoms with van der Waals surface area (Å²) in [4.78, 5) is 16.1. The van der Waals surface area contributed by atoms with Crippen LogP contribution in [-0.4, -0.2) is 21.0 Å². The van der Waals surface area contributed by atoms with Crippen LogP contribution in [0.2, 0.25) is 0 Å². The molecule has 1 atom stereocenters. The summed E-state index contributed by atoms with van der Waals surface area (Å²) in [5, 5.41) is 12.0. The topological polar surface area (TPSA) is 70.7 Å². The average Bonchev–Trinajstić information content (AvgIpc) is 3.13. The summed E-state index contributed by atoms with van der Waals surface area (Å²) in [5.74, 6) is 0.170.